The van der Waals surface area contributed by atoms with Crippen molar-refractivity contribution in [3.63, 3.8) is 0 Å². The number of likely N-dealkylation sites (tertiary alicyclic amines) is 1. The van der Waals surface area contributed by atoms with Crippen LogP contribution in [0.5, 0.6) is 0 Å². The summed E-state index contributed by atoms with van der Waals surface area (Å²) in [7, 11) is 3.21. The summed E-state index contributed by atoms with van der Waals surface area (Å²) < 4.78 is 10.1. The van der Waals surface area contributed by atoms with E-state index < -0.39 is 0 Å². The van der Waals surface area contributed by atoms with Gasteiger partial charge in [-0.2, -0.15) is 0 Å². The molecule has 0 aromatic heterocycles. The lowest BCUT2D eigenvalue weighted by atomic mass is 9.99. The molecule has 0 spiro atoms. The number of ether oxygens (including phenoxy) is 2. The number of nitrogens with one attached hydrogen (secondary N) is 1. The molecule has 116 valence electrons. The van der Waals surface area contributed by atoms with Gasteiger partial charge in [0.15, 0.2) is 5.96 Å². The highest BCUT2D eigenvalue weighted by molar-refractivity contribution is 5.82. The smallest absolute Gasteiger partial charge is 0.310 e. The molecule has 2 unspecified atom stereocenters. The van der Waals surface area contributed by atoms with E-state index in [0.717, 1.165) is 38.7 Å². The van der Waals surface area contributed by atoms with Crippen LogP contribution in [0.3, 0.4) is 0 Å². The Balaban J connectivity index is 2.41. The zero-order chi connectivity index (χ0) is 15.0. The quantitative estimate of drug-likeness (QED) is 0.337. The average Bonchev–Trinajstić information content (AvgIpc) is 2.84. The Bertz CT molecular complexity index is 334. The minimum Gasteiger partial charge on any atom is -0.469 e. The Morgan fingerprint density at radius 2 is 2.20 bits per heavy atom. The summed E-state index contributed by atoms with van der Waals surface area (Å²) in [5.41, 5.74) is 0. The van der Waals surface area contributed by atoms with Crippen LogP contribution in [0.2, 0.25) is 0 Å². The van der Waals surface area contributed by atoms with Gasteiger partial charge in [0.25, 0.3) is 0 Å². The molecule has 1 aliphatic heterocycles. The third-order valence-electron chi connectivity index (χ3n) is 3.58. The Morgan fingerprint density at radius 3 is 2.80 bits per heavy atom. The normalized spacial score (nSPS) is 23.0. The van der Waals surface area contributed by atoms with Crippen molar-refractivity contribution in [3.8, 4) is 0 Å². The summed E-state index contributed by atoms with van der Waals surface area (Å²) >= 11 is 0. The van der Waals surface area contributed by atoms with Crippen molar-refractivity contribution in [2.24, 2.45) is 16.8 Å². The highest BCUT2D eigenvalue weighted by Crippen LogP contribution is 2.23. The molecule has 6 nitrogen and oxygen atoms in total. The third-order valence-corrected chi connectivity index (χ3v) is 3.58. The van der Waals surface area contributed by atoms with E-state index in [4.69, 9.17) is 9.47 Å². The molecule has 0 bridgehead atoms. The molecule has 6 heteroatoms. The van der Waals surface area contributed by atoms with Crippen molar-refractivity contribution in [2.75, 3.05) is 47.0 Å². The Labute approximate surface area is 121 Å². The molecule has 1 heterocycles. The van der Waals surface area contributed by atoms with E-state index in [1.807, 2.05) is 6.92 Å². The second-order valence-electron chi connectivity index (χ2n) is 5.04. The van der Waals surface area contributed by atoms with Gasteiger partial charge in [0, 0.05) is 39.9 Å². The van der Waals surface area contributed by atoms with Gasteiger partial charge in [-0.1, -0.05) is 6.92 Å². The summed E-state index contributed by atoms with van der Waals surface area (Å²) in [6.07, 6.45) is 0.941. The fraction of sp³-hybridized carbons (Fsp3) is 0.857. The Morgan fingerprint density at radius 1 is 1.45 bits per heavy atom. The van der Waals surface area contributed by atoms with E-state index in [-0.39, 0.29) is 17.8 Å². The first-order valence-electron chi connectivity index (χ1n) is 7.25. The van der Waals surface area contributed by atoms with Crippen LogP contribution < -0.4 is 5.32 Å². The number of hydrogen-bond donors (Lipinski definition) is 1. The summed E-state index contributed by atoms with van der Waals surface area (Å²) in [5.74, 6) is 0.929. The van der Waals surface area contributed by atoms with Gasteiger partial charge < -0.3 is 19.7 Å². The predicted octanol–water partition coefficient (Wildman–Crippen LogP) is 0.729. The predicted molar refractivity (Wildman–Crippen MR) is 78.7 cm³/mol. The fourth-order valence-electron chi connectivity index (χ4n) is 2.45. The number of guanidine groups is 1. The number of carbonyl (C=O) groups excluding carboxylic acids is 1. The highest BCUT2D eigenvalue weighted by Gasteiger charge is 2.36. The number of aliphatic imine (C=N–C) groups is 1. The molecule has 1 N–H and O–H groups in total. The van der Waals surface area contributed by atoms with Gasteiger partial charge in [0.1, 0.15) is 0 Å². The zero-order valence-corrected chi connectivity index (χ0v) is 13.0. The molecule has 1 saturated heterocycles. The minimum absolute atomic E-state index is 0.0676. The molecule has 1 aliphatic rings. The third kappa shape index (κ3) is 4.67. The van der Waals surface area contributed by atoms with E-state index in [1.165, 1.54) is 7.11 Å². The SMILES string of the molecule is CCOCCCNC(=NC)N1CC(C)C(C(=O)OC)C1. The number of esters is 1. The molecule has 2 atom stereocenters. The van der Waals surface area contributed by atoms with Crippen LogP contribution in [0, 0.1) is 11.8 Å². The standard InChI is InChI=1S/C14H27N3O3/c1-5-20-8-6-7-16-14(15-3)17-9-11(2)12(10-17)13(18)19-4/h11-12H,5-10H2,1-4H3,(H,15,16). The number of rotatable bonds is 6. The van der Waals surface area contributed by atoms with Crippen LogP contribution in [0.1, 0.15) is 20.3 Å². The summed E-state index contributed by atoms with van der Waals surface area (Å²) in [6.45, 7) is 7.88. The van der Waals surface area contributed by atoms with Crippen molar-refractivity contribution < 1.29 is 14.3 Å². The van der Waals surface area contributed by atoms with Gasteiger partial charge in [-0.3, -0.25) is 9.79 Å². The molecule has 0 aromatic rings. The van der Waals surface area contributed by atoms with E-state index >= 15 is 0 Å². The topological polar surface area (TPSA) is 63.2 Å². The van der Waals surface area contributed by atoms with Crippen molar-refractivity contribution in [1.82, 2.24) is 10.2 Å². The highest BCUT2D eigenvalue weighted by atomic mass is 16.5. The molecule has 1 fully saturated rings. The van der Waals surface area contributed by atoms with Crippen molar-refractivity contribution in [2.45, 2.75) is 20.3 Å². The summed E-state index contributed by atoms with van der Waals surface area (Å²) in [6, 6.07) is 0. The number of carbonyl (C=O) groups is 1. The van der Waals surface area contributed by atoms with Crippen LogP contribution >= 0.6 is 0 Å². The first-order valence-corrected chi connectivity index (χ1v) is 7.25. The minimum atomic E-state index is -0.133. The maximum atomic E-state index is 11.7. The lowest BCUT2D eigenvalue weighted by molar-refractivity contribution is -0.145. The van der Waals surface area contributed by atoms with Crippen molar-refractivity contribution in [1.29, 1.82) is 0 Å². The van der Waals surface area contributed by atoms with Crippen LogP contribution in [0.25, 0.3) is 0 Å². The first kappa shape index (κ1) is 16.8. The lowest BCUT2D eigenvalue weighted by Gasteiger charge is -2.21. The molecule has 0 radical (unpaired) electrons. The molecule has 20 heavy (non-hydrogen) atoms. The molecule has 0 amide bonds. The summed E-state index contributed by atoms with van der Waals surface area (Å²) in [5, 5.41) is 3.31. The summed E-state index contributed by atoms with van der Waals surface area (Å²) in [4.78, 5) is 18.1. The molecule has 0 aliphatic carbocycles. The van der Waals surface area contributed by atoms with Gasteiger partial charge in [-0.15, -0.1) is 0 Å². The van der Waals surface area contributed by atoms with Crippen molar-refractivity contribution in [3.05, 3.63) is 0 Å². The molecule has 0 aromatic carbocycles. The fourth-order valence-corrected chi connectivity index (χ4v) is 2.45. The van der Waals surface area contributed by atoms with Crippen LogP contribution in [0.15, 0.2) is 4.99 Å². The van der Waals surface area contributed by atoms with E-state index in [9.17, 15) is 4.79 Å². The van der Waals surface area contributed by atoms with E-state index in [1.54, 1.807) is 7.05 Å². The molecule has 1 rings (SSSR count). The second kappa shape index (κ2) is 8.79. The average molecular weight is 285 g/mol. The molecular formula is C14H27N3O3. The molecule has 0 saturated carbocycles. The number of nitrogens with zero attached hydrogens (tertiary/aromatic N) is 2. The number of methoxy groups -OCH3 is 1. The Hall–Kier alpha value is -1.30. The maximum Gasteiger partial charge on any atom is 0.310 e. The van der Waals surface area contributed by atoms with Gasteiger partial charge in [0.05, 0.1) is 13.0 Å². The van der Waals surface area contributed by atoms with E-state index in [2.05, 4.69) is 22.1 Å². The maximum absolute atomic E-state index is 11.7. The lowest BCUT2D eigenvalue weighted by Crippen LogP contribution is -2.41. The largest absolute Gasteiger partial charge is 0.469 e. The first-order chi connectivity index (χ1) is 9.63. The van der Waals surface area contributed by atoms with Gasteiger partial charge in [-0.05, 0) is 19.3 Å². The van der Waals surface area contributed by atoms with Crippen LogP contribution in [-0.4, -0.2) is 63.8 Å². The zero-order valence-electron chi connectivity index (χ0n) is 13.0. The second-order valence-corrected chi connectivity index (χ2v) is 5.04. The van der Waals surface area contributed by atoms with Crippen LogP contribution in [-0.2, 0) is 14.3 Å². The van der Waals surface area contributed by atoms with Crippen LogP contribution in [0.4, 0.5) is 0 Å². The van der Waals surface area contributed by atoms with Gasteiger partial charge in [0.2, 0.25) is 0 Å². The number of hydrogen-bond acceptors (Lipinski definition) is 4. The molecular weight excluding hydrogens is 258 g/mol. The Kier molecular flexibility index (Phi) is 7.36. The van der Waals surface area contributed by atoms with Gasteiger partial charge >= 0.3 is 5.97 Å². The van der Waals surface area contributed by atoms with Gasteiger partial charge in [-0.25, -0.2) is 0 Å². The van der Waals surface area contributed by atoms with E-state index in [0.29, 0.717) is 6.54 Å². The monoisotopic (exact) mass is 285 g/mol. The van der Waals surface area contributed by atoms with Crippen molar-refractivity contribution >= 4 is 11.9 Å².